The first kappa shape index (κ1) is 5.82. The molecule has 0 aliphatic carbocycles. The molecule has 0 saturated heterocycles. The lowest BCUT2D eigenvalue weighted by Gasteiger charge is -1.87. The van der Waals surface area contributed by atoms with Crippen LogP contribution in [0.25, 0.3) is 0 Å². The monoisotopic (exact) mass is 96.0 g/mol. The lowest BCUT2D eigenvalue weighted by atomic mass is 10.8. The highest BCUT2D eigenvalue weighted by molar-refractivity contribution is 4.16. The van der Waals surface area contributed by atoms with Crippen molar-refractivity contribution in [3.8, 4) is 0 Å². The zero-order valence-electron chi connectivity index (χ0n) is 3.29. The molecule has 38 valence electrons. The lowest BCUT2D eigenvalue weighted by Crippen LogP contribution is -1.92. The Bertz CT molecular complexity index is 20.8. The van der Waals surface area contributed by atoms with Gasteiger partial charge in [-0.1, -0.05) is 0 Å². The van der Waals surface area contributed by atoms with Gasteiger partial charge in [0.2, 0.25) is 0 Å². The second kappa shape index (κ2) is 4.82. The van der Waals surface area contributed by atoms with Crippen molar-refractivity contribution < 1.29 is 13.5 Å². The third-order valence-electron chi connectivity index (χ3n) is 0.299. The summed E-state index contributed by atoms with van der Waals surface area (Å²) < 4.78 is 25.6. The summed E-state index contributed by atoms with van der Waals surface area (Å²) in [6, 6.07) is 0. The Kier molecular flexibility index (Phi) is 4.68. The minimum atomic E-state index is -0.885. The summed E-state index contributed by atoms with van der Waals surface area (Å²) in [5.41, 5.74) is 0. The summed E-state index contributed by atoms with van der Waals surface area (Å²) in [5.74, 6) is 0. The molecule has 0 bridgehead atoms. The normalized spacial score (nSPS) is 9.00. The van der Waals surface area contributed by atoms with E-state index in [-0.39, 0.29) is 6.61 Å². The van der Waals surface area contributed by atoms with Crippen molar-refractivity contribution in [2.75, 3.05) is 20.1 Å². The smallest absolute Gasteiger partial charge is 0.188 e. The standard InChI is InChI=1S/C3H6F2O/c4-1-2-6-3-5/h1-3H2. The predicted molar refractivity (Wildman–Crippen MR) is 17.9 cm³/mol. The van der Waals surface area contributed by atoms with Crippen LogP contribution >= 0.6 is 0 Å². The molecule has 0 amide bonds. The van der Waals surface area contributed by atoms with Crippen molar-refractivity contribution in [1.82, 2.24) is 0 Å². The van der Waals surface area contributed by atoms with E-state index in [4.69, 9.17) is 0 Å². The van der Waals surface area contributed by atoms with Gasteiger partial charge in [-0.2, -0.15) is 0 Å². The average molecular weight is 96.1 g/mol. The predicted octanol–water partition coefficient (Wildman–Crippen LogP) is 0.900. The summed E-state index contributed by atoms with van der Waals surface area (Å²) in [4.78, 5) is 0. The third-order valence-corrected chi connectivity index (χ3v) is 0.299. The van der Waals surface area contributed by atoms with Gasteiger partial charge < -0.3 is 4.74 Å². The molecule has 0 saturated carbocycles. The SMILES string of the molecule is FCCOCF. The van der Waals surface area contributed by atoms with Gasteiger partial charge in [-0.3, -0.25) is 0 Å². The maximum absolute atomic E-state index is 10.9. The maximum atomic E-state index is 10.9. The number of rotatable bonds is 3. The third kappa shape index (κ3) is 3.82. The van der Waals surface area contributed by atoms with Crippen LogP contribution in [0.5, 0.6) is 0 Å². The van der Waals surface area contributed by atoms with Crippen LogP contribution in [0.3, 0.4) is 0 Å². The van der Waals surface area contributed by atoms with E-state index in [1.165, 1.54) is 0 Å². The Labute approximate surface area is 34.9 Å². The van der Waals surface area contributed by atoms with E-state index < -0.39 is 13.5 Å². The summed E-state index contributed by atoms with van der Waals surface area (Å²) >= 11 is 0. The van der Waals surface area contributed by atoms with Gasteiger partial charge in [-0.15, -0.1) is 0 Å². The van der Waals surface area contributed by atoms with Crippen molar-refractivity contribution in [2.45, 2.75) is 0 Å². The fraction of sp³-hybridized carbons (Fsp3) is 1.00. The van der Waals surface area contributed by atoms with Gasteiger partial charge in [-0.25, -0.2) is 8.78 Å². The Morgan fingerprint density at radius 2 is 2.00 bits per heavy atom. The highest BCUT2D eigenvalue weighted by atomic mass is 19.1. The van der Waals surface area contributed by atoms with Crippen molar-refractivity contribution in [3.63, 3.8) is 0 Å². The molecular weight excluding hydrogens is 90.0 g/mol. The molecule has 1 nitrogen and oxygen atoms in total. The largest absolute Gasteiger partial charge is 0.348 e. The molecule has 0 atom stereocenters. The van der Waals surface area contributed by atoms with Crippen LogP contribution in [0.2, 0.25) is 0 Å². The van der Waals surface area contributed by atoms with Crippen LogP contribution in [-0.2, 0) is 4.74 Å². The van der Waals surface area contributed by atoms with E-state index in [1.54, 1.807) is 0 Å². The summed E-state index contributed by atoms with van der Waals surface area (Å²) in [5, 5.41) is 0. The summed E-state index contributed by atoms with van der Waals surface area (Å²) in [6.07, 6.45) is 0. The average Bonchev–Trinajstić information content (AvgIpc) is 1.61. The molecule has 0 aromatic carbocycles. The zero-order valence-corrected chi connectivity index (χ0v) is 3.29. The number of hydrogen-bond acceptors (Lipinski definition) is 1. The Morgan fingerprint density at radius 1 is 1.33 bits per heavy atom. The molecule has 0 N–H and O–H groups in total. The molecule has 0 aliphatic rings. The maximum Gasteiger partial charge on any atom is 0.188 e. The van der Waals surface area contributed by atoms with E-state index in [0.717, 1.165) is 0 Å². The molecule has 0 rings (SSSR count). The van der Waals surface area contributed by atoms with Gasteiger partial charge in [0.25, 0.3) is 0 Å². The molecule has 0 aliphatic heterocycles. The van der Waals surface area contributed by atoms with E-state index in [0.29, 0.717) is 0 Å². The van der Waals surface area contributed by atoms with Gasteiger partial charge >= 0.3 is 0 Å². The Balaban J connectivity index is 2.34. The summed E-state index contributed by atoms with van der Waals surface area (Å²) in [6.45, 7) is -1.62. The first-order valence-electron chi connectivity index (χ1n) is 1.61. The van der Waals surface area contributed by atoms with Crippen LogP contribution in [-0.4, -0.2) is 20.1 Å². The van der Waals surface area contributed by atoms with Crippen LogP contribution in [0, 0.1) is 0 Å². The first-order valence-corrected chi connectivity index (χ1v) is 1.61. The Morgan fingerprint density at radius 3 is 2.17 bits per heavy atom. The van der Waals surface area contributed by atoms with E-state index in [9.17, 15) is 8.78 Å². The highest BCUT2D eigenvalue weighted by Crippen LogP contribution is 1.73. The van der Waals surface area contributed by atoms with Crippen LogP contribution in [0.1, 0.15) is 0 Å². The van der Waals surface area contributed by atoms with Crippen LogP contribution in [0.15, 0.2) is 0 Å². The first-order chi connectivity index (χ1) is 2.91. The molecular formula is C3H6F2O. The molecule has 0 fully saturated rings. The molecule has 3 heteroatoms. The fourth-order valence-electron chi connectivity index (χ4n) is 0.109. The van der Waals surface area contributed by atoms with E-state index in [2.05, 4.69) is 4.74 Å². The quantitative estimate of drug-likeness (QED) is 0.474. The van der Waals surface area contributed by atoms with Gasteiger partial charge in [0.1, 0.15) is 6.67 Å². The summed E-state index contributed by atoms with van der Waals surface area (Å²) in [7, 11) is 0. The topological polar surface area (TPSA) is 9.23 Å². The molecule has 0 aromatic rings. The van der Waals surface area contributed by atoms with Crippen molar-refractivity contribution >= 4 is 0 Å². The second-order valence-corrected chi connectivity index (χ2v) is 0.706. The van der Waals surface area contributed by atoms with E-state index in [1.807, 2.05) is 0 Å². The molecule has 0 spiro atoms. The minimum Gasteiger partial charge on any atom is -0.348 e. The Hall–Kier alpha value is -0.180. The van der Waals surface area contributed by atoms with Crippen molar-refractivity contribution in [2.24, 2.45) is 0 Å². The molecule has 6 heavy (non-hydrogen) atoms. The van der Waals surface area contributed by atoms with Gasteiger partial charge in [0.15, 0.2) is 6.86 Å². The van der Waals surface area contributed by atoms with Gasteiger partial charge in [0, 0.05) is 0 Å². The number of ether oxygens (including phenoxy) is 1. The minimum absolute atomic E-state index is 0.128. The highest BCUT2D eigenvalue weighted by Gasteiger charge is 1.78. The fourth-order valence-corrected chi connectivity index (χ4v) is 0.109. The number of halogens is 2. The van der Waals surface area contributed by atoms with Crippen LogP contribution < -0.4 is 0 Å². The van der Waals surface area contributed by atoms with Gasteiger partial charge in [0.05, 0.1) is 6.61 Å². The van der Waals surface area contributed by atoms with E-state index >= 15 is 0 Å². The molecule has 0 unspecified atom stereocenters. The number of alkyl halides is 2. The van der Waals surface area contributed by atoms with Crippen molar-refractivity contribution in [1.29, 1.82) is 0 Å². The molecule has 0 radical (unpaired) electrons. The lowest BCUT2D eigenvalue weighted by molar-refractivity contribution is 0.0494. The number of hydrogen-bond donors (Lipinski definition) is 0. The molecule has 0 heterocycles. The zero-order chi connectivity index (χ0) is 4.83. The van der Waals surface area contributed by atoms with Crippen LogP contribution in [0.4, 0.5) is 8.78 Å². The van der Waals surface area contributed by atoms with Gasteiger partial charge in [-0.05, 0) is 0 Å². The van der Waals surface area contributed by atoms with Crippen molar-refractivity contribution in [3.05, 3.63) is 0 Å². The molecule has 0 aromatic heterocycles. The second-order valence-electron chi connectivity index (χ2n) is 0.706.